The van der Waals surface area contributed by atoms with Gasteiger partial charge in [0.2, 0.25) is 0 Å². The molecule has 3 aromatic rings. The number of pyridine rings is 1. The zero-order valence-electron chi connectivity index (χ0n) is 26.7. The van der Waals surface area contributed by atoms with E-state index < -0.39 is 14.4 Å². The summed E-state index contributed by atoms with van der Waals surface area (Å²) in [4.78, 5) is 16.5. The van der Waals surface area contributed by atoms with Gasteiger partial charge in [0.15, 0.2) is 8.32 Å². The van der Waals surface area contributed by atoms with E-state index in [4.69, 9.17) is 28.4 Å². The molecule has 0 unspecified atom stereocenters. The second kappa shape index (κ2) is 14.8. The Balaban J connectivity index is 2.04. The Kier molecular flexibility index (Phi) is 11.7. The van der Waals surface area contributed by atoms with Crippen LogP contribution in [0.25, 0.3) is 0 Å². The van der Waals surface area contributed by atoms with Gasteiger partial charge in [0, 0.05) is 23.9 Å². The lowest BCUT2D eigenvalue weighted by atomic mass is 9.98. The lowest BCUT2D eigenvalue weighted by molar-refractivity contribution is -0.139. The van der Waals surface area contributed by atoms with Gasteiger partial charge in [0.1, 0.15) is 11.5 Å². The summed E-state index contributed by atoms with van der Waals surface area (Å²) >= 11 is 0. The Labute approximate surface area is 252 Å². The molecular formula is C34H47NO6Si. The van der Waals surface area contributed by atoms with Gasteiger partial charge in [0.25, 0.3) is 0 Å². The van der Waals surface area contributed by atoms with Crippen LogP contribution in [0.2, 0.25) is 18.1 Å². The molecule has 3 rings (SSSR count). The van der Waals surface area contributed by atoms with Crippen molar-refractivity contribution in [3.8, 4) is 11.5 Å². The first-order valence-corrected chi connectivity index (χ1v) is 17.4. The summed E-state index contributed by atoms with van der Waals surface area (Å²) in [5.41, 5.74) is 4.73. The smallest absolute Gasteiger partial charge is 0.310 e. The highest BCUT2D eigenvalue weighted by molar-refractivity contribution is 6.74. The third-order valence-corrected chi connectivity index (χ3v) is 12.6. The van der Waals surface area contributed by atoms with Crippen molar-refractivity contribution < 1.29 is 28.2 Å². The van der Waals surface area contributed by atoms with Crippen LogP contribution in [0.5, 0.6) is 11.5 Å². The standard InChI is InChI=1S/C34H47NO6Si/c1-24-29(37-5)20-27(21-30(24)38-6)33(41-42(8,9)34(2,3)4)31(40-18-17-25-13-11-10-12-14-25)22-28-16-15-26(23-35-28)19-32(36)39-7/h10-16,20-21,23,31,33H,17-19,22H2,1-9H3/t31-,33+/m0/s1. The minimum atomic E-state index is -2.27. The van der Waals surface area contributed by atoms with Gasteiger partial charge in [-0.05, 0) is 66.4 Å². The average Bonchev–Trinajstić information content (AvgIpc) is 2.96. The van der Waals surface area contributed by atoms with Crippen LogP contribution in [-0.2, 0) is 38.0 Å². The molecule has 2 atom stereocenters. The van der Waals surface area contributed by atoms with E-state index in [9.17, 15) is 4.79 Å². The maximum atomic E-state index is 11.8. The Hall–Kier alpha value is -3.20. The number of esters is 1. The number of rotatable bonds is 14. The van der Waals surface area contributed by atoms with Gasteiger partial charge in [-0.25, -0.2) is 0 Å². The number of carbonyl (C=O) groups excluding carboxylic acids is 1. The third-order valence-electron chi connectivity index (χ3n) is 8.11. The molecule has 7 nitrogen and oxygen atoms in total. The summed E-state index contributed by atoms with van der Waals surface area (Å²) in [5.74, 6) is 1.18. The fourth-order valence-electron chi connectivity index (χ4n) is 4.48. The molecule has 1 aromatic heterocycles. The highest BCUT2D eigenvalue weighted by Crippen LogP contribution is 2.43. The third kappa shape index (κ3) is 8.90. The number of benzene rings is 2. The molecule has 2 aromatic carbocycles. The molecule has 0 saturated carbocycles. The van der Waals surface area contributed by atoms with E-state index in [1.54, 1.807) is 20.4 Å². The van der Waals surface area contributed by atoms with E-state index in [0.29, 0.717) is 13.0 Å². The average molecular weight is 594 g/mol. The van der Waals surface area contributed by atoms with Crippen LogP contribution in [0.1, 0.15) is 54.8 Å². The van der Waals surface area contributed by atoms with E-state index >= 15 is 0 Å². The van der Waals surface area contributed by atoms with E-state index in [2.05, 4.69) is 46.0 Å². The van der Waals surface area contributed by atoms with Crippen LogP contribution in [0, 0.1) is 6.92 Å². The van der Waals surface area contributed by atoms with Crippen LogP contribution >= 0.6 is 0 Å². The van der Waals surface area contributed by atoms with Crippen molar-refractivity contribution in [2.75, 3.05) is 27.9 Å². The van der Waals surface area contributed by atoms with Crippen molar-refractivity contribution in [3.05, 3.63) is 88.7 Å². The Morgan fingerprint density at radius 2 is 1.57 bits per heavy atom. The Morgan fingerprint density at radius 1 is 0.929 bits per heavy atom. The SMILES string of the molecule is COC(=O)Cc1ccc(C[C@H](OCCc2ccccc2)[C@H](O[Si](C)(C)C(C)(C)C)c2cc(OC)c(C)c(OC)c2)nc1. The van der Waals surface area contributed by atoms with Crippen molar-refractivity contribution in [3.63, 3.8) is 0 Å². The highest BCUT2D eigenvalue weighted by atomic mass is 28.4. The summed E-state index contributed by atoms with van der Waals surface area (Å²) < 4.78 is 30.2. The quantitative estimate of drug-likeness (QED) is 0.146. The van der Waals surface area contributed by atoms with Crippen molar-refractivity contribution in [1.29, 1.82) is 0 Å². The van der Waals surface area contributed by atoms with Crippen molar-refractivity contribution in [1.82, 2.24) is 4.98 Å². The van der Waals surface area contributed by atoms with Crippen LogP contribution in [0.4, 0.5) is 0 Å². The minimum Gasteiger partial charge on any atom is -0.496 e. The molecular weight excluding hydrogens is 546 g/mol. The Morgan fingerprint density at radius 3 is 2.10 bits per heavy atom. The first-order valence-electron chi connectivity index (χ1n) is 14.4. The summed E-state index contributed by atoms with van der Waals surface area (Å²) in [7, 11) is 2.46. The summed E-state index contributed by atoms with van der Waals surface area (Å²) in [5, 5.41) is -0.0213. The second-order valence-electron chi connectivity index (χ2n) is 12.1. The van der Waals surface area contributed by atoms with E-state index in [1.165, 1.54) is 12.7 Å². The van der Waals surface area contributed by atoms with Crippen molar-refractivity contribution in [2.45, 2.75) is 77.3 Å². The molecule has 0 bridgehead atoms. The van der Waals surface area contributed by atoms with E-state index in [-0.39, 0.29) is 23.5 Å². The molecule has 0 N–H and O–H groups in total. The monoisotopic (exact) mass is 593 g/mol. The first-order chi connectivity index (χ1) is 19.9. The minimum absolute atomic E-state index is 0.0213. The Bertz CT molecular complexity index is 1260. The van der Waals surface area contributed by atoms with Gasteiger partial charge in [-0.15, -0.1) is 0 Å². The zero-order chi connectivity index (χ0) is 30.9. The molecule has 42 heavy (non-hydrogen) atoms. The summed E-state index contributed by atoms with van der Waals surface area (Å²) in [6, 6.07) is 18.3. The first kappa shape index (κ1) is 33.3. The molecule has 0 aliphatic carbocycles. The molecule has 0 saturated heterocycles. The highest BCUT2D eigenvalue weighted by Gasteiger charge is 2.42. The molecule has 1 heterocycles. The topological polar surface area (TPSA) is 76.1 Å². The number of carbonyl (C=O) groups is 1. The van der Waals surface area contributed by atoms with Crippen LogP contribution in [0.15, 0.2) is 60.8 Å². The van der Waals surface area contributed by atoms with Gasteiger partial charge >= 0.3 is 5.97 Å². The fourth-order valence-corrected chi connectivity index (χ4v) is 5.75. The van der Waals surface area contributed by atoms with Gasteiger partial charge in [-0.1, -0.05) is 57.2 Å². The predicted octanol–water partition coefficient (Wildman–Crippen LogP) is 7.06. The van der Waals surface area contributed by atoms with Gasteiger partial charge < -0.3 is 23.4 Å². The van der Waals surface area contributed by atoms with Crippen LogP contribution < -0.4 is 9.47 Å². The number of ether oxygens (including phenoxy) is 4. The maximum Gasteiger partial charge on any atom is 0.310 e. The van der Waals surface area contributed by atoms with E-state index in [1.807, 2.05) is 49.4 Å². The number of aromatic nitrogens is 1. The van der Waals surface area contributed by atoms with Crippen LogP contribution in [-0.4, -0.2) is 53.3 Å². The maximum absolute atomic E-state index is 11.8. The number of nitrogens with zero attached hydrogens (tertiary/aromatic N) is 1. The molecule has 0 spiro atoms. The fraction of sp³-hybridized carbons (Fsp3) is 0.471. The lowest BCUT2D eigenvalue weighted by Crippen LogP contribution is -2.45. The van der Waals surface area contributed by atoms with Gasteiger partial charge in [-0.2, -0.15) is 0 Å². The number of hydrogen-bond acceptors (Lipinski definition) is 7. The molecule has 0 amide bonds. The van der Waals surface area contributed by atoms with Gasteiger partial charge in [-0.3, -0.25) is 9.78 Å². The molecule has 0 fully saturated rings. The lowest BCUT2D eigenvalue weighted by Gasteiger charge is -2.41. The molecule has 8 heteroatoms. The second-order valence-corrected chi connectivity index (χ2v) is 16.9. The number of methoxy groups -OCH3 is 3. The van der Waals surface area contributed by atoms with Crippen molar-refractivity contribution in [2.24, 2.45) is 0 Å². The molecule has 0 aliphatic heterocycles. The molecule has 0 radical (unpaired) electrons. The van der Waals surface area contributed by atoms with E-state index in [0.717, 1.165) is 40.3 Å². The molecule has 228 valence electrons. The van der Waals surface area contributed by atoms with Crippen LogP contribution in [0.3, 0.4) is 0 Å². The molecule has 0 aliphatic rings. The van der Waals surface area contributed by atoms with Crippen molar-refractivity contribution >= 4 is 14.3 Å². The van der Waals surface area contributed by atoms with Gasteiger partial charge in [0.05, 0.1) is 46.6 Å². The normalized spacial score (nSPS) is 13.4. The largest absolute Gasteiger partial charge is 0.496 e. The summed E-state index contributed by atoms with van der Waals surface area (Å²) in [6.45, 7) is 13.7. The predicted molar refractivity (Wildman–Crippen MR) is 169 cm³/mol. The number of hydrogen-bond donors (Lipinski definition) is 0. The summed E-state index contributed by atoms with van der Waals surface area (Å²) in [6.07, 6.45) is 2.46. The zero-order valence-corrected chi connectivity index (χ0v) is 27.7.